The molecule has 4 aliphatic rings. The molecule has 24 heteroatoms. The van der Waals surface area contributed by atoms with Gasteiger partial charge in [-0.25, -0.2) is 61.9 Å². The van der Waals surface area contributed by atoms with E-state index < -0.39 is 76.4 Å². The number of sulfonamides is 2. The Kier molecular flexibility index (Phi) is 14.9. The molecule has 4 saturated heterocycles. The molecule has 4 aliphatic heterocycles. The van der Waals surface area contributed by atoms with E-state index in [-0.39, 0.29) is 70.4 Å². The van der Waals surface area contributed by atoms with Crippen molar-refractivity contribution in [2.24, 2.45) is 0 Å². The quantitative estimate of drug-likeness (QED) is 0.0690. The van der Waals surface area contributed by atoms with Gasteiger partial charge >= 0.3 is 0 Å². The Morgan fingerprint density at radius 2 is 0.819 bits per heavy atom. The molecule has 10 rings (SSSR count). The summed E-state index contributed by atoms with van der Waals surface area (Å²) in [5.41, 5.74) is 3.08. The molecule has 72 heavy (non-hydrogen) atoms. The van der Waals surface area contributed by atoms with Gasteiger partial charge in [0, 0.05) is 93.7 Å². The molecule has 0 radical (unpaired) electrons. The van der Waals surface area contributed by atoms with Crippen molar-refractivity contribution in [2.45, 2.75) is 124 Å². The van der Waals surface area contributed by atoms with Crippen molar-refractivity contribution in [3.8, 4) is 0 Å². The number of thiazole rings is 2. The number of benzene rings is 4. The van der Waals surface area contributed by atoms with E-state index in [9.17, 15) is 52.0 Å². The number of nitrogens with zero attached hydrogens (tertiary/aromatic N) is 4. The van der Waals surface area contributed by atoms with Crippen LogP contribution in [-0.2, 0) is 33.1 Å². The Balaban J connectivity index is 0.000000178. The Bertz CT molecular complexity index is 2900. The molecule has 2 aromatic heterocycles. The predicted molar refractivity (Wildman–Crippen MR) is 259 cm³/mol. The molecule has 6 heterocycles. The van der Waals surface area contributed by atoms with Crippen molar-refractivity contribution in [3.63, 3.8) is 0 Å². The van der Waals surface area contributed by atoms with Crippen LogP contribution in [0.15, 0.2) is 80.1 Å². The summed E-state index contributed by atoms with van der Waals surface area (Å²) >= 11 is 2.22. The zero-order chi connectivity index (χ0) is 51.2. The van der Waals surface area contributed by atoms with E-state index in [1.165, 1.54) is 21.8 Å². The van der Waals surface area contributed by atoms with Gasteiger partial charge in [-0.3, -0.25) is 19.2 Å². The maximum Gasteiger partial charge on any atom is 0.268 e. The first-order valence-corrected chi connectivity index (χ1v) is 27.9. The van der Waals surface area contributed by atoms with Gasteiger partial charge in [-0.15, -0.1) is 22.7 Å². The van der Waals surface area contributed by atoms with Crippen molar-refractivity contribution < 1.29 is 52.0 Å². The second-order valence-corrected chi connectivity index (χ2v) is 22.9. The molecule has 4 fully saturated rings. The largest absolute Gasteiger partial charge is 0.381 e. The molecule has 0 saturated carbocycles. The highest BCUT2D eigenvalue weighted by molar-refractivity contribution is 7.93. The molecule has 0 unspecified atom stereocenters. The van der Waals surface area contributed by atoms with Crippen molar-refractivity contribution >= 4 is 65.7 Å². The summed E-state index contributed by atoms with van der Waals surface area (Å²) in [4.78, 5) is 9.68. The Hall–Kier alpha value is -5.40. The lowest BCUT2D eigenvalue weighted by Gasteiger charge is -2.31. The molecule has 0 amide bonds. The fraction of sp³-hybridized carbons (Fsp3) is 0.375. The summed E-state index contributed by atoms with van der Waals surface area (Å²) in [6, 6.07) is 8.09. The average Bonchev–Trinajstić information content (AvgIpc) is 4.21. The molecule has 4 bridgehead atoms. The molecular weight excluding hydrogens is 1030 g/mol. The lowest BCUT2D eigenvalue weighted by Crippen LogP contribution is -2.33. The van der Waals surface area contributed by atoms with Crippen LogP contribution in [0.1, 0.15) is 99.6 Å². The number of fused-ring (bicyclic) bond motifs is 4. The monoisotopic (exact) mass is 1080 g/mol. The Labute approximate surface area is 419 Å². The lowest BCUT2D eigenvalue weighted by atomic mass is 9.98. The van der Waals surface area contributed by atoms with Crippen molar-refractivity contribution in [1.29, 1.82) is 0 Å². The molecule has 6 aromatic rings. The third-order valence-electron chi connectivity index (χ3n) is 14.1. The van der Waals surface area contributed by atoms with Gasteiger partial charge in [0.15, 0.2) is 21.4 Å². The SMILES string of the molecule is C[C@@H](c1c(F)ccc(F)c1CNc1cc(F)c(S(=O)(=O)Nc2cscn2)c(F)c1)N1C2CCC1CC2.C[C@H](c1c(F)ccc(F)c1CNc1cc(F)c(S(=O)(=O)Nc2cscn2)c(F)c1)N1C2CCC1CC2. The first-order valence-electron chi connectivity index (χ1n) is 23.1. The maximum absolute atomic E-state index is 15.0. The fourth-order valence-corrected chi connectivity index (χ4v) is 14.4. The number of rotatable bonds is 16. The zero-order valence-corrected chi connectivity index (χ0v) is 41.8. The smallest absolute Gasteiger partial charge is 0.268 e. The topological polar surface area (TPSA) is 149 Å². The van der Waals surface area contributed by atoms with E-state index in [4.69, 9.17) is 0 Å². The molecule has 0 aliphatic carbocycles. The van der Waals surface area contributed by atoms with E-state index in [0.29, 0.717) is 24.2 Å². The van der Waals surface area contributed by atoms with Crippen LogP contribution in [0.5, 0.6) is 0 Å². The average molecular weight is 1080 g/mol. The summed E-state index contributed by atoms with van der Waals surface area (Å²) in [5.74, 6) is -7.80. The number of aromatic nitrogens is 2. The van der Waals surface area contributed by atoms with Crippen LogP contribution < -0.4 is 20.1 Å². The Morgan fingerprint density at radius 1 is 0.514 bits per heavy atom. The standard InChI is InChI=1S/2C24H24F4N4O2S2/c2*1-13(32-15-2-3-16(32)5-4-15)23-17(18(25)6-7-19(23)26)10-29-14-8-20(27)24(21(28)9-14)36(33,34)31-22-11-35-12-30-22/h2*6-9,11-13,15-16,29,31H,2-5,10H2,1H3/t2*13-,15?,16?/m10/s1. The minimum Gasteiger partial charge on any atom is -0.381 e. The van der Waals surface area contributed by atoms with Crippen molar-refractivity contribution in [2.75, 3.05) is 20.1 Å². The lowest BCUT2D eigenvalue weighted by molar-refractivity contribution is 0.184. The van der Waals surface area contributed by atoms with Crippen molar-refractivity contribution in [3.05, 3.63) is 139 Å². The highest BCUT2D eigenvalue weighted by Crippen LogP contribution is 2.46. The molecule has 384 valence electrons. The summed E-state index contributed by atoms with van der Waals surface area (Å²) in [5, 5.41) is 8.21. The third-order valence-corrected chi connectivity index (χ3v) is 18.0. The normalized spacial score (nSPS) is 20.6. The van der Waals surface area contributed by atoms with Crippen molar-refractivity contribution in [1.82, 2.24) is 19.8 Å². The number of hydrogen-bond donors (Lipinski definition) is 4. The molecule has 0 spiro atoms. The minimum atomic E-state index is -4.57. The molecular formula is C48H48F8N8O4S4. The number of anilines is 4. The number of hydrogen-bond acceptors (Lipinski definition) is 12. The van der Waals surface area contributed by atoms with Gasteiger partial charge in [-0.05, 0) is 114 Å². The van der Waals surface area contributed by atoms with Crippen LogP contribution in [-0.4, -0.2) is 60.8 Å². The highest BCUT2D eigenvalue weighted by atomic mass is 32.2. The highest BCUT2D eigenvalue weighted by Gasteiger charge is 2.44. The molecule has 2 atom stereocenters. The number of halogens is 8. The summed E-state index contributed by atoms with van der Waals surface area (Å²) < 4.78 is 173. The van der Waals surface area contributed by atoms with Gasteiger partial charge in [0.1, 0.15) is 46.5 Å². The molecule has 4 aromatic carbocycles. The van der Waals surface area contributed by atoms with E-state index in [1.807, 2.05) is 23.3 Å². The van der Waals surface area contributed by atoms with Gasteiger partial charge < -0.3 is 10.6 Å². The molecule has 12 nitrogen and oxygen atoms in total. The van der Waals surface area contributed by atoms with Crippen LogP contribution in [0, 0.1) is 46.5 Å². The van der Waals surface area contributed by atoms with Gasteiger partial charge in [0.2, 0.25) is 0 Å². The third kappa shape index (κ3) is 10.4. The second kappa shape index (κ2) is 20.8. The summed E-state index contributed by atoms with van der Waals surface area (Å²) in [6.45, 7) is 3.22. The fourth-order valence-electron chi connectivity index (χ4n) is 11.1. The van der Waals surface area contributed by atoms with Gasteiger partial charge in [-0.1, -0.05) is 0 Å². The van der Waals surface area contributed by atoms with E-state index >= 15 is 0 Å². The van der Waals surface area contributed by atoms with Crippen LogP contribution in [0.2, 0.25) is 0 Å². The Morgan fingerprint density at radius 3 is 1.11 bits per heavy atom. The number of nitrogens with one attached hydrogen (secondary N) is 4. The zero-order valence-electron chi connectivity index (χ0n) is 38.5. The second-order valence-electron chi connectivity index (χ2n) is 18.2. The minimum absolute atomic E-state index is 0.0596. The van der Waals surface area contributed by atoms with Crippen LogP contribution in [0.3, 0.4) is 0 Å². The summed E-state index contributed by atoms with van der Waals surface area (Å²) in [6.07, 6.45) is 8.26. The predicted octanol–water partition coefficient (Wildman–Crippen LogP) is 11.6. The first-order chi connectivity index (χ1) is 34.3. The van der Waals surface area contributed by atoms with Crippen LogP contribution in [0.4, 0.5) is 58.1 Å². The van der Waals surface area contributed by atoms with E-state index in [1.54, 1.807) is 0 Å². The first kappa shape index (κ1) is 51.5. The van der Waals surface area contributed by atoms with Gasteiger partial charge in [0.25, 0.3) is 20.0 Å². The maximum atomic E-state index is 15.0. The van der Waals surface area contributed by atoms with E-state index in [2.05, 4.69) is 30.4 Å². The van der Waals surface area contributed by atoms with Crippen LogP contribution >= 0.6 is 22.7 Å². The van der Waals surface area contributed by atoms with Crippen LogP contribution in [0.25, 0.3) is 0 Å². The van der Waals surface area contributed by atoms with E-state index in [0.717, 1.165) is 123 Å². The molecule has 4 N–H and O–H groups in total. The summed E-state index contributed by atoms with van der Waals surface area (Å²) in [7, 11) is -9.14. The van der Waals surface area contributed by atoms with Gasteiger partial charge in [0.05, 0.1) is 11.0 Å². The van der Waals surface area contributed by atoms with Gasteiger partial charge in [-0.2, -0.15) is 0 Å².